The molecule has 0 aliphatic carbocycles. The van der Waals surface area contributed by atoms with Crippen LogP contribution in [0.5, 0.6) is 0 Å². The molecule has 0 aliphatic rings. The third-order valence-corrected chi connectivity index (χ3v) is 3.61. The Morgan fingerprint density at radius 3 is 2.41 bits per heavy atom. The molecule has 0 atom stereocenters. The Balaban J connectivity index is 2.64. The van der Waals surface area contributed by atoms with Crippen molar-refractivity contribution in [1.29, 1.82) is 0 Å². The highest BCUT2D eigenvalue weighted by atomic mass is 32.2. The van der Waals surface area contributed by atoms with Gasteiger partial charge in [0.15, 0.2) is 0 Å². The first-order chi connectivity index (χ1) is 7.70. The van der Waals surface area contributed by atoms with E-state index in [-0.39, 0.29) is 5.41 Å². The predicted octanol–water partition coefficient (Wildman–Crippen LogP) is 4.72. The van der Waals surface area contributed by atoms with Crippen LogP contribution in [0.2, 0.25) is 0 Å². The molecule has 1 rings (SSSR count). The van der Waals surface area contributed by atoms with E-state index >= 15 is 0 Å². The van der Waals surface area contributed by atoms with Gasteiger partial charge >= 0.3 is 0 Å². The molecule has 96 valence electrons. The van der Waals surface area contributed by atoms with Crippen LogP contribution in [0.4, 0.5) is 0 Å². The first-order valence-corrected chi connectivity index (χ1v) is 6.98. The number of nitrogens with zero attached hydrogens (tertiary/aromatic N) is 1. The molecule has 0 saturated heterocycles. The minimum Gasteiger partial charge on any atom is -0.364 e. The van der Waals surface area contributed by atoms with Gasteiger partial charge in [-0.1, -0.05) is 46.7 Å². The lowest BCUT2D eigenvalue weighted by atomic mass is 9.87. The Morgan fingerprint density at radius 1 is 1.24 bits per heavy atom. The van der Waals surface area contributed by atoms with Crippen LogP contribution in [0.3, 0.4) is 0 Å². The van der Waals surface area contributed by atoms with Crippen LogP contribution in [-0.4, -0.2) is 10.9 Å². The fourth-order valence-electron chi connectivity index (χ4n) is 1.34. The summed E-state index contributed by atoms with van der Waals surface area (Å²) in [5, 5.41) is 6.15. The van der Waals surface area contributed by atoms with E-state index in [1.807, 2.05) is 17.8 Å². The van der Waals surface area contributed by atoms with E-state index in [0.717, 1.165) is 17.0 Å². The highest BCUT2D eigenvalue weighted by molar-refractivity contribution is 8.02. The maximum atomic E-state index is 5.06. The first-order valence-electron chi connectivity index (χ1n) is 5.93. The normalized spacial score (nSPS) is 13.5. The average molecular weight is 253 g/mol. The number of thioether (sulfide) groups is 1. The van der Waals surface area contributed by atoms with Gasteiger partial charge in [0.25, 0.3) is 0 Å². The van der Waals surface area contributed by atoms with Gasteiger partial charge in [-0.2, -0.15) is 0 Å². The van der Waals surface area contributed by atoms with Crippen molar-refractivity contribution in [2.45, 2.75) is 47.0 Å². The van der Waals surface area contributed by atoms with Gasteiger partial charge in [0, 0.05) is 11.3 Å². The van der Waals surface area contributed by atoms with Crippen LogP contribution in [-0.2, 0) is 5.41 Å². The Bertz CT molecular complexity index is 380. The lowest BCUT2D eigenvalue weighted by molar-refractivity contribution is 0.415. The quantitative estimate of drug-likeness (QED) is 0.779. The number of hydrogen-bond donors (Lipinski definition) is 0. The second kappa shape index (κ2) is 5.30. The van der Waals surface area contributed by atoms with Crippen molar-refractivity contribution in [3.8, 4) is 0 Å². The highest BCUT2D eigenvalue weighted by Gasteiger charge is 2.20. The summed E-state index contributed by atoms with van der Waals surface area (Å²) in [5.41, 5.74) is 2.53. The van der Waals surface area contributed by atoms with Gasteiger partial charge in [-0.05, 0) is 22.3 Å². The summed E-state index contributed by atoms with van der Waals surface area (Å²) in [7, 11) is 0. The molecule has 0 aliphatic heterocycles. The van der Waals surface area contributed by atoms with Crippen LogP contribution in [0.15, 0.2) is 16.2 Å². The second-order valence-corrected chi connectivity index (χ2v) is 7.43. The van der Waals surface area contributed by atoms with Crippen molar-refractivity contribution >= 4 is 17.8 Å². The molecular formula is C14H23NOS. The Labute approximate surface area is 109 Å². The van der Waals surface area contributed by atoms with Crippen molar-refractivity contribution in [2.75, 3.05) is 5.75 Å². The summed E-state index contributed by atoms with van der Waals surface area (Å²) in [6.45, 7) is 13.2. The van der Waals surface area contributed by atoms with Gasteiger partial charge in [-0.25, -0.2) is 0 Å². The third kappa shape index (κ3) is 4.99. The predicted molar refractivity (Wildman–Crippen MR) is 76.2 cm³/mol. The van der Waals surface area contributed by atoms with Gasteiger partial charge in [0.1, 0.15) is 12.0 Å². The number of rotatable bonds is 3. The van der Waals surface area contributed by atoms with E-state index < -0.39 is 0 Å². The SMILES string of the molecule is CC(C)(C)CS/C=C\c1nocc1C(C)(C)C. The van der Waals surface area contributed by atoms with E-state index in [9.17, 15) is 0 Å². The molecule has 0 radical (unpaired) electrons. The molecule has 0 unspecified atom stereocenters. The maximum Gasteiger partial charge on any atom is 0.128 e. The summed E-state index contributed by atoms with van der Waals surface area (Å²) < 4.78 is 5.06. The minimum atomic E-state index is 0.0777. The van der Waals surface area contributed by atoms with E-state index in [1.54, 1.807) is 6.26 Å². The fraction of sp³-hybridized carbons (Fsp3) is 0.643. The topological polar surface area (TPSA) is 26.0 Å². The van der Waals surface area contributed by atoms with Crippen molar-refractivity contribution < 1.29 is 4.52 Å². The molecule has 0 bridgehead atoms. The summed E-state index contributed by atoms with van der Waals surface area (Å²) in [6.07, 6.45) is 3.79. The van der Waals surface area contributed by atoms with Gasteiger partial charge in [-0.15, -0.1) is 11.8 Å². The molecule has 0 fully saturated rings. The van der Waals surface area contributed by atoms with Crippen molar-refractivity contribution in [1.82, 2.24) is 5.16 Å². The van der Waals surface area contributed by atoms with E-state index in [4.69, 9.17) is 4.52 Å². The lowest BCUT2D eigenvalue weighted by Gasteiger charge is -2.16. The smallest absolute Gasteiger partial charge is 0.128 e. The monoisotopic (exact) mass is 253 g/mol. The molecule has 1 aromatic rings. The van der Waals surface area contributed by atoms with Crippen molar-refractivity contribution in [3.63, 3.8) is 0 Å². The second-order valence-electron chi connectivity index (χ2n) is 6.54. The molecule has 0 saturated carbocycles. The molecule has 0 aromatic carbocycles. The summed E-state index contributed by atoms with van der Waals surface area (Å²) in [6, 6.07) is 0. The minimum absolute atomic E-state index is 0.0777. The zero-order valence-electron chi connectivity index (χ0n) is 11.7. The highest BCUT2D eigenvalue weighted by Crippen LogP contribution is 2.27. The molecule has 17 heavy (non-hydrogen) atoms. The number of hydrogen-bond acceptors (Lipinski definition) is 3. The van der Waals surface area contributed by atoms with Crippen molar-refractivity contribution in [3.05, 3.63) is 22.9 Å². The standard InChI is InChI=1S/C14H23NOS/c1-13(2,3)10-17-8-7-12-11(9-16-15-12)14(4,5)6/h7-9H,10H2,1-6H3/b8-7-. The molecule has 1 aromatic heterocycles. The summed E-state index contributed by atoms with van der Waals surface area (Å²) in [5.74, 6) is 1.10. The first kappa shape index (κ1) is 14.4. The van der Waals surface area contributed by atoms with Crippen LogP contribution < -0.4 is 0 Å². The van der Waals surface area contributed by atoms with E-state index in [0.29, 0.717) is 5.41 Å². The van der Waals surface area contributed by atoms with Crippen LogP contribution in [0, 0.1) is 5.41 Å². The van der Waals surface area contributed by atoms with Crippen LogP contribution >= 0.6 is 11.8 Å². The molecule has 0 N–H and O–H groups in total. The molecule has 0 amide bonds. The molecule has 1 heterocycles. The van der Waals surface area contributed by atoms with Gasteiger partial charge in [-0.3, -0.25) is 0 Å². The molecule has 2 nitrogen and oxygen atoms in total. The zero-order chi connectivity index (χ0) is 13.1. The zero-order valence-corrected chi connectivity index (χ0v) is 12.5. The Kier molecular flexibility index (Phi) is 4.48. The van der Waals surface area contributed by atoms with E-state index in [1.165, 1.54) is 0 Å². The van der Waals surface area contributed by atoms with Gasteiger partial charge in [0.2, 0.25) is 0 Å². The lowest BCUT2D eigenvalue weighted by Crippen LogP contribution is -2.11. The third-order valence-electron chi connectivity index (χ3n) is 2.24. The summed E-state index contributed by atoms with van der Waals surface area (Å²) >= 11 is 1.82. The Morgan fingerprint density at radius 2 is 1.88 bits per heavy atom. The molecular weight excluding hydrogens is 230 g/mol. The fourth-order valence-corrected chi connectivity index (χ4v) is 2.16. The maximum absolute atomic E-state index is 5.06. The van der Waals surface area contributed by atoms with Gasteiger partial charge in [0.05, 0.1) is 0 Å². The van der Waals surface area contributed by atoms with E-state index in [2.05, 4.69) is 52.1 Å². The van der Waals surface area contributed by atoms with Crippen LogP contribution in [0.25, 0.3) is 6.08 Å². The molecule has 0 spiro atoms. The largest absolute Gasteiger partial charge is 0.364 e. The van der Waals surface area contributed by atoms with Gasteiger partial charge < -0.3 is 4.52 Å². The molecule has 3 heteroatoms. The summed E-state index contributed by atoms with van der Waals surface area (Å²) in [4.78, 5) is 0. The Hall–Kier alpha value is -0.700. The average Bonchev–Trinajstić information content (AvgIpc) is 2.58. The van der Waals surface area contributed by atoms with Crippen LogP contribution in [0.1, 0.15) is 52.8 Å². The van der Waals surface area contributed by atoms with Crippen molar-refractivity contribution in [2.24, 2.45) is 5.41 Å². The number of aromatic nitrogens is 1.